The molecule has 0 aliphatic rings. The maximum atomic E-state index is 6.21. The van der Waals surface area contributed by atoms with Crippen LogP contribution in [0.25, 0.3) is 0 Å². The number of rotatable bonds is 7. The Bertz CT molecular complexity index is 506. The van der Waals surface area contributed by atoms with Crippen LogP contribution in [0, 0.1) is 0 Å². The van der Waals surface area contributed by atoms with Gasteiger partial charge in [0, 0.05) is 31.4 Å². The van der Waals surface area contributed by atoms with Crippen molar-refractivity contribution in [2.75, 3.05) is 13.6 Å². The largest absolute Gasteiger partial charge is 0.324 e. The number of nitrogens with two attached hydrogens (primary N) is 1. The third-order valence-electron chi connectivity index (χ3n) is 3.49. The standard InChI is InChI=1S/C16H24N4/c1-19(12-14-11-18-20(2)13-14)10-6-9-16(17)15-7-4-3-5-8-15/h3-5,7-8,11,13,16H,6,9-10,12,17H2,1-2H3. The van der Waals surface area contributed by atoms with Gasteiger partial charge in [0.1, 0.15) is 0 Å². The van der Waals surface area contributed by atoms with Crippen molar-refractivity contribution in [3.05, 3.63) is 53.9 Å². The van der Waals surface area contributed by atoms with E-state index < -0.39 is 0 Å². The number of aryl methyl sites for hydroxylation is 1. The van der Waals surface area contributed by atoms with Gasteiger partial charge in [-0.3, -0.25) is 4.68 Å². The number of aromatic nitrogens is 2. The van der Waals surface area contributed by atoms with Crippen molar-refractivity contribution in [2.45, 2.75) is 25.4 Å². The first kappa shape index (κ1) is 14.8. The number of nitrogens with zero attached hydrogens (tertiary/aromatic N) is 3. The van der Waals surface area contributed by atoms with Crippen molar-refractivity contribution in [2.24, 2.45) is 12.8 Å². The maximum Gasteiger partial charge on any atom is 0.0534 e. The van der Waals surface area contributed by atoms with Gasteiger partial charge in [-0.2, -0.15) is 5.10 Å². The van der Waals surface area contributed by atoms with Crippen LogP contribution in [0.2, 0.25) is 0 Å². The molecular formula is C16H24N4. The molecule has 0 fully saturated rings. The average Bonchev–Trinajstić information content (AvgIpc) is 2.85. The zero-order chi connectivity index (χ0) is 14.4. The molecule has 4 heteroatoms. The van der Waals surface area contributed by atoms with Crippen LogP contribution < -0.4 is 5.73 Å². The van der Waals surface area contributed by atoms with Gasteiger partial charge in [-0.25, -0.2) is 0 Å². The molecule has 1 aromatic heterocycles. The third-order valence-corrected chi connectivity index (χ3v) is 3.49. The summed E-state index contributed by atoms with van der Waals surface area (Å²) in [5.74, 6) is 0. The van der Waals surface area contributed by atoms with Gasteiger partial charge < -0.3 is 10.6 Å². The normalized spacial score (nSPS) is 12.8. The van der Waals surface area contributed by atoms with Gasteiger partial charge in [-0.05, 0) is 32.0 Å². The monoisotopic (exact) mass is 272 g/mol. The van der Waals surface area contributed by atoms with E-state index in [2.05, 4.69) is 35.4 Å². The van der Waals surface area contributed by atoms with Crippen LogP contribution in [0.3, 0.4) is 0 Å². The van der Waals surface area contributed by atoms with Crippen molar-refractivity contribution in [1.29, 1.82) is 0 Å². The fourth-order valence-electron chi connectivity index (χ4n) is 2.39. The predicted molar refractivity (Wildman–Crippen MR) is 82.1 cm³/mol. The lowest BCUT2D eigenvalue weighted by molar-refractivity contribution is 0.314. The first-order valence-electron chi connectivity index (χ1n) is 7.12. The van der Waals surface area contributed by atoms with Crippen molar-refractivity contribution < 1.29 is 0 Å². The molecule has 1 unspecified atom stereocenters. The molecule has 0 spiro atoms. The lowest BCUT2D eigenvalue weighted by Gasteiger charge is -2.17. The highest BCUT2D eigenvalue weighted by molar-refractivity contribution is 5.18. The van der Waals surface area contributed by atoms with Crippen LogP contribution in [0.4, 0.5) is 0 Å². The Labute approximate surface area is 121 Å². The fraction of sp³-hybridized carbons (Fsp3) is 0.438. The highest BCUT2D eigenvalue weighted by Crippen LogP contribution is 2.15. The molecule has 20 heavy (non-hydrogen) atoms. The second kappa shape index (κ2) is 7.22. The van der Waals surface area contributed by atoms with E-state index in [0.29, 0.717) is 0 Å². The summed E-state index contributed by atoms with van der Waals surface area (Å²) in [6, 6.07) is 10.5. The molecular weight excluding hydrogens is 248 g/mol. The minimum absolute atomic E-state index is 0.142. The van der Waals surface area contributed by atoms with E-state index in [9.17, 15) is 0 Å². The lowest BCUT2D eigenvalue weighted by Crippen LogP contribution is -2.20. The first-order chi connectivity index (χ1) is 9.65. The number of hydrogen-bond acceptors (Lipinski definition) is 3. The summed E-state index contributed by atoms with van der Waals surface area (Å²) in [6.45, 7) is 1.99. The van der Waals surface area contributed by atoms with Gasteiger partial charge in [-0.15, -0.1) is 0 Å². The summed E-state index contributed by atoms with van der Waals surface area (Å²) < 4.78 is 1.84. The Morgan fingerprint density at radius 2 is 2.05 bits per heavy atom. The molecule has 1 heterocycles. The Morgan fingerprint density at radius 1 is 1.30 bits per heavy atom. The second-order valence-corrected chi connectivity index (χ2v) is 5.42. The minimum atomic E-state index is 0.142. The van der Waals surface area contributed by atoms with Crippen molar-refractivity contribution in [3.8, 4) is 0 Å². The Morgan fingerprint density at radius 3 is 2.70 bits per heavy atom. The summed E-state index contributed by atoms with van der Waals surface area (Å²) >= 11 is 0. The average molecular weight is 272 g/mol. The van der Waals surface area contributed by atoms with Gasteiger partial charge in [0.2, 0.25) is 0 Å². The molecule has 2 N–H and O–H groups in total. The number of hydrogen-bond donors (Lipinski definition) is 1. The van der Waals surface area contributed by atoms with Crippen LogP contribution in [-0.2, 0) is 13.6 Å². The van der Waals surface area contributed by atoms with Crippen LogP contribution >= 0.6 is 0 Å². The summed E-state index contributed by atoms with van der Waals surface area (Å²) in [5.41, 5.74) is 8.68. The molecule has 0 bridgehead atoms. The molecule has 1 atom stereocenters. The molecule has 1 aromatic carbocycles. The van der Waals surface area contributed by atoms with Gasteiger partial charge in [-0.1, -0.05) is 30.3 Å². The van der Waals surface area contributed by atoms with Crippen molar-refractivity contribution in [1.82, 2.24) is 14.7 Å². The smallest absolute Gasteiger partial charge is 0.0534 e. The molecule has 0 saturated heterocycles. The van der Waals surface area contributed by atoms with E-state index in [4.69, 9.17) is 5.73 Å². The zero-order valence-electron chi connectivity index (χ0n) is 12.4. The summed E-state index contributed by atoms with van der Waals surface area (Å²) in [4.78, 5) is 2.31. The van der Waals surface area contributed by atoms with E-state index in [1.165, 1.54) is 11.1 Å². The Kier molecular flexibility index (Phi) is 5.32. The summed E-state index contributed by atoms with van der Waals surface area (Å²) in [6.07, 6.45) is 6.10. The third kappa shape index (κ3) is 4.47. The van der Waals surface area contributed by atoms with Crippen LogP contribution in [0.5, 0.6) is 0 Å². The predicted octanol–water partition coefficient (Wildman–Crippen LogP) is 2.33. The van der Waals surface area contributed by atoms with E-state index in [0.717, 1.165) is 25.9 Å². The van der Waals surface area contributed by atoms with Crippen molar-refractivity contribution >= 4 is 0 Å². The van der Waals surface area contributed by atoms with Crippen LogP contribution in [0.15, 0.2) is 42.7 Å². The molecule has 2 rings (SSSR count). The Hall–Kier alpha value is -1.65. The van der Waals surface area contributed by atoms with E-state index in [-0.39, 0.29) is 6.04 Å². The van der Waals surface area contributed by atoms with Gasteiger partial charge in [0.25, 0.3) is 0 Å². The number of benzene rings is 1. The van der Waals surface area contributed by atoms with E-state index >= 15 is 0 Å². The van der Waals surface area contributed by atoms with E-state index in [1.807, 2.05) is 36.1 Å². The quantitative estimate of drug-likeness (QED) is 0.841. The molecule has 108 valence electrons. The molecule has 0 aliphatic heterocycles. The second-order valence-electron chi connectivity index (χ2n) is 5.42. The van der Waals surface area contributed by atoms with Crippen molar-refractivity contribution in [3.63, 3.8) is 0 Å². The maximum absolute atomic E-state index is 6.21. The van der Waals surface area contributed by atoms with Crippen LogP contribution in [0.1, 0.15) is 30.0 Å². The molecule has 0 radical (unpaired) electrons. The SMILES string of the molecule is CN(CCCC(N)c1ccccc1)Cc1cnn(C)c1. The minimum Gasteiger partial charge on any atom is -0.324 e. The Balaban J connectivity index is 1.70. The lowest BCUT2D eigenvalue weighted by atomic mass is 10.0. The summed E-state index contributed by atoms with van der Waals surface area (Å²) in [7, 11) is 4.09. The molecule has 4 nitrogen and oxygen atoms in total. The fourth-order valence-corrected chi connectivity index (χ4v) is 2.39. The van der Waals surface area contributed by atoms with Gasteiger partial charge in [0.15, 0.2) is 0 Å². The van der Waals surface area contributed by atoms with Crippen LogP contribution in [-0.4, -0.2) is 28.3 Å². The topological polar surface area (TPSA) is 47.1 Å². The van der Waals surface area contributed by atoms with Gasteiger partial charge >= 0.3 is 0 Å². The molecule has 0 amide bonds. The first-order valence-corrected chi connectivity index (χ1v) is 7.12. The molecule has 0 aliphatic carbocycles. The molecule has 0 saturated carbocycles. The molecule has 2 aromatic rings. The highest BCUT2D eigenvalue weighted by Gasteiger charge is 2.07. The highest BCUT2D eigenvalue weighted by atomic mass is 15.2. The zero-order valence-corrected chi connectivity index (χ0v) is 12.4. The van der Waals surface area contributed by atoms with Gasteiger partial charge in [0.05, 0.1) is 6.20 Å². The van der Waals surface area contributed by atoms with E-state index in [1.54, 1.807) is 0 Å². The summed E-state index contributed by atoms with van der Waals surface area (Å²) in [5, 5.41) is 4.19.